The molecule has 1 atom stereocenters. The van der Waals surface area contributed by atoms with Crippen LogP contribution in [0.5, 0.6) is 5.75 Å². The van der Waals surface area contributed by atoms with Gasteiger partial charge >= 0.3 is 0 Å². The molecule has 0 bridgehead atoms. The Kier molecular flexibility index (Phi) is 7.41. The van der Waals surface area contributed by atoms with E-state index < -0.39 is 10.2 Å². The Hall–Kier alpha value is -4.18. The van der Waals surface area contributed by atoms with Crippen LogP contribution in [-0.4, -0.2) is 30.8 Å². The van der Waals surface area contributed by atoms with Crippen molar-refractivity contribution in [2.24, 2.45) is 0 Å². The number of carbonyl (C=O) groups excluding carboxylic acids is 1. The third-order valence-corrected chi connectivity index (χ3v) is 6.14. The van der Waals surface area contributed by atoms with Gasteiger partial charge in [0.05, 0.1) is 10.2 Å². The topological polar surface area (TPSA) is 112 Å². The lowest BCUT2D eigenvalue weighted by atomic mass is 10.2. The fourth-order valence-electron chi connectivity index (χ4n) is 3.21. The summed E-state index contributed by atoms with van der Waals surface area (Å²) in [6.07, 6.45) is 0. The second-order valence-corrected chi connectivity index (χ2v) is 9.03. The number of aromatic nitrogens is 3. The van der Waals surface area contributed by atoms with Crippen LogP contribution < -0.4 is 10.1 Å². The Morgan fingerprint density at radius 2 is 1.74 bits per heavy atom. The molecule has 10 heteroatoms. The van der Waals surface area contributed by atoms with E-state index in [1.807, 2.05) is 66.1 Å². The number of ether oxygens (including phenoxy) is 1. The van der Waals surface area contributed by atoms with E-state index >= 15 is 0 Å². The van der Waals surface area contributed by atoms with Gasteiger partial charge in [-0.15, -0.1) is 10.2 Å². The van der Waals surface area contributed by atoms with Crippen LogP contribution in [0.1, 0.15) is 18.3 Å². The maximum absolute atomic E-state index is 12.8. The first-order valence-corrected chi connectivity index (χ1v) is 11.7. The first-order chi connectivity index (χ1) is 16.9. The Labute approximate surface area is 206 Å². The highest BCUT2D eigenvalue weighted by Crippen LogP contribution is 2.27. The molecule has 1 N–H and O–H groups in total. The smallest absolute Gasteiger partial charge is 0.269 e. The molecular weight excluding hydrogens is 466 g/mol. The predicted octanol–water partition coefficient (Wildman–Crippen LogP) is 5.18. The van der Waals surface area contributed by atoms with Crippen molar-refractivity contribution in [2.45, 2.75) is 30.9 Å². The molecule has 4 aromatic rings. The summed E-state index contributed by atoms with van der Waals surface area (Å²) in [6.45, 7) is 3.98. The third kappa shape index (κ3) is 6.04. The van der Waals surface area contributed by atoms with E-state index in [9.17, 15) is 14.9 Å². The number of aryl methyl sites for hydroxylation is 1. The fourth-order valence-corrected chi connectivity index (χ4v) is 4.10. The number of benzene rings is 3. The normalized spacial score (nSPS) is 11.6. The van der Waals surface area contributed by atoms with Gasteiger partial charge in [-0.3, -0.25) is 19.5 Å². The summed E-state index contributed by atoms with van der Waals surface area (Å²) in [5.74, 6) is 1.06. The van der Waals surface area contributed by atoms with E-state index in [1.165, 1.54) is 36.0 Å². The van der Waals surface area contributed by atoms with E-state index in [-0.39, 0.29) is 18.2 Å². The Balaban J connectivity index is 1.50. The number of amides is 1. The molecule has 0 saturated heterocycles. The van der Waals surface area contributed by atoms with Crippen LogP contribution in [0.25, 0.3) is 5.69 Å². The van der Waals surface area contributed by atoms with Gasteiger partial charge in [0.2, 0.25) is 5.91 Å². The monoisotopic (exact) mass is 489 g/mol. The lowest BCUT2D eigenvalue weighted by molar-refractivity contribution is -0.384. The molecular formula is C25H23N5O4S. The van der Waals surface area contributed by atoms with Crippen LogP contribution in [0.4, 0.5) is 11.4 Å². The Morgan fingerprint density at radius 1 is 1.06 bits per heavy atom. The first-order valence-electron chi connectivity index (χ1n) is 10.8. The number of carbonyl (C=O) groups is 1. The minimum absolute atomic E-state index is 0.0400. The zero-order valence-corrected chi connectivity index (χ0v) is 19.9. The van der Waals surface area contributed by atoms with Gasteiger partial charge < -0.3 is 10.1 Å². The van der Waals surface area contributed by atoms with Crippen LogP contribution in [0.3, 0.4) is 0 Å². The minimum Gasteiger partial charge on any atom is -0.486 e. The summed E-state index contributed by atoms with van der Waals surface area (Å²) in [5.41, 5.74) is 2.43. The summed E-state index contributed by atoms with van der Waals surface area (Å²) in [5, 5.41) is 22.3. The number of nitrogens with zero attached hydrogens (tertiary/aromatic N) is 4. The number of hydrogen-bond donors (Lipinski definition) is 1. The Bertz CT molecular complexity index is 1310. The van der Waals surface area contributed by atoms with Gasteiger partial charge in [0.1, 0.15) is 12.4 Å². The number of rotatable bonds is 9. The zero-order valence-electron chi connectivity index (χ0n) is 19.1. The van der Waals surface area contributed by atoms with Gasteiger partial charge in [-0.1, -0.05) is 47.7 Å². The standard InChI is InChI=1S/C25H23N5O4S/c1-17-8-14-22(15-9-17)34-16-23-27-28-25(29(23)20-6-4-3-5-7-20)35-18(2)24(31)26-19-10-12-21(13-11-19)30(32)33/h3-15,18H,16H2,1-2H3,(H,26,31). The van der Waals surface area contributed by atoms with Gasteiger partial charge in [0.25, 0.3) is 5.69 Å². The quantitative estimate of drug-likeness (QED) is 0.196. The molecule has 178 valence electrons. The largest absolute Gasteiger partial charge is 0.486 e. The molecule has 0 aliphatic carbocycles. The van der Waals surface area contributed by atoms with E-state index in [2.05, 4.69) is 15.5 Å². The predicted molar refractivity (Wildman–Crippen MR) is 134 cm³/mol. The average Bonchev–Trinajstić information content (AvgIpc) is 3.26. The summed E-state index contributed by atoms with van der Waals surface area (Å²) < 4.78 is 7.79. The second-order valence-electron chi connectivity index (χ2n) is 7.72. The van der Waals surface area contributed by atoms with E-state index in [0.29, 0.717) is 16.7 Å². The van der Waals surface area contributed by atoms with Crippen LogP contribution >= 0.6 is 11.8 Å². The summed E-state index contributed by atoms with van der Waals surface area (Å²) in [6, 6.07) is 23.1. The summed E-state index contributed by atoms with van der Waals surface area (Å²) >= 11 is 1.26. The third-order valence-electron chi connectivity index (χ3n) is 5.10. The fraction of sp³-hybridized carbons (Fsp3) is 0.160. The molecule has 0 aliphatic rings. The zero-order chi connectivity index (χ0) is 24.8. The van der Waals surface area contributed by atoms with Crippen molar-refractivity contribution in [2.75, 3.05) is 5.32 Å². The lowest BCUT2D eigenvalue weighted by Crippen LogP contribution is -2.23. The van der Waals surface area contributed by atoms with Crippen LogP contribution in [0, 0.1) is 17.0 Å². The van der Waals surface area contributed by atoms with E-state index in [4.69, 9.17) is 4.74 Å². The van der Waals surface area contributed by atoms with Crippen molar-refractivity contribution in [3.05, 3.63) is 100 Å². The molecule has 9 nitrogen and oxygen atoms in total. The number of non-ortho nitro benzene ring substituents is 1. The van der Waals surface area contributed by atoms with Gasteiger partial charge in [-0.2, -0.15) is 0 Å². The van der Waals surface area contributed by atoms with E-state index in [1.54, 1.807) is 6.92 Å². The molecule has 0 saturated carbocycles. The van der Waals surface area contributed by atoms with Crippen molar-refractivity contribution in [3.8, 4) is 11.4 Å². The number of anilines is 1. The maximum Gasteiger partial charge on any atom is 0.269 e. The molecule has 1 amide bonds. The molecule has 1 unspecified atom stereocenters. The van der Waals surface area contributed by atoms with Crippen LogP contribution in [-0.2, 0) is 11.4 Å². The van der Waals surface area contributed by atoms with Crippen molar-refractivity contribution in [1.82, 2.24) is 14.8 Å². The molecule has 0 fully saturated rings. The summed E-state index contributed by atoms with van der Waals surface area (Å²) in [7, 11) is 0. The van der Waals surface area contributed by atoms with Gasteiger partial charge in [0.15, 0.2) is 11.0 Å². The number of nitrogens with one attached hydrogen (secondary N) is 1. The SMILES string of the molecule is Cc1ccc(OCc2nnc(SC(C)C(=O)Nc3ccc([N+](=O)[O-])cc3)n2-c2ccccc2)cc1. The van der Waals surface area contributed by atoms with Gasteiger partial charge in [-0.05, 0) is 50.2 Å². The number of nitro benzene ring substituents is 1. The Morgan fingerprint density at radius 3 is 2.40 bits per heavy atom. The second kappa shape index (κ2) is 10.8. The van der Waals surface area contributed by atoms with Gasteiger partial charge in [0, 0.05) is 23.5 Å². The molecule has 1 aromatic heterocycles. The van der Waals surface area contributed by atoms with Gasteiger partial charge in [-0.25, -0.2) is 0 Å². The average molecular weight is 490 g/mol. The highest BCUT2D eigenvalue weighted by molar-refractivity contribution is 8.00. The molecule has 4 rings (SSSR count). The van der Waals surface area contributed by atoms with Crippen molar-refractivity contribution in [3.63, 3.8) is 0 Å². The minimum atomic E-state index is -0.511. The number of para-hydroxylation sites is 1. The van der Waals surface area contributed by atoms with E-state index in [0.717, 1.165) is 17.0 Å². The number of thioether (sulfide) groups is 1. The van der Waals surface area contributed by atoms with Crippen molar-refractivity contribution in [1.29, 1.82) is 0 Å². The lowest BCUT2D eigenvalue weighted by Gasteiger charge is -2.14. The molecule has 1 heterocycles. The molecule has 0 aliphatic heterocycles. The van der Waals surface area contributed by atoms with Crippen molar-refractivity contribution < 1.29 is 14.5 Å². The maximum atomic E-state index is 12.8. The van der Waals surface area contributed by atoms with Crippen LogP contribution in [0.2, 0.25) is 0 Å². The number of hydrogen-bond acceptors (Lipinski definition) is 7. The molecule has 0 radical (unpaired) electrons. The molecule has 35 heavy (non-hydrogen) atoms. The molecule has 0 spiro atoms. The first kappa shape index (κ1) is 24.0. The number of nitro groups is 1. The van der Waals surface area contributed by atoms with Crippen molar-refractivity contribution >= 4 is 29.0 Å². The summed E-state index contributed by atoms with van der Waals surface area (Å²) in [4.78, 5) is 23.1. The molecule has 3 aromatic carbocycles. The van der Waals surface area contributed by atoms with Crippen LogP contribution in [0.15, 0.2) is 84.0 Å². The highest BCUT2D eigenvalue weighted by Gasteiger charge is 2.22. The highest BCUT2D eigenvalue weighted by atomic mass is 32.2.